The zero-order valence-corrected chi connectivity index (χ0v) is 20.0. The van der Waals surface area contributed by atoms with Crippen LogP contribution in [0.1, 0.15) is 22.8 Å². The third-order valence-corrected chi connectivity index (χ3v) is 7.68. The summed E-state index contributed by atoms with van der Waals surface area (Å²) in [5, 5.41) is 2.91. The number of sulfonamides is 1. The van der Waals surface area contributed by atoms with Gasteiger partial charge < -0.3 is 10.1 Å². The van der Waals surface area contributed by atoms with Gasteiger partial charge in [-0.3, -0.25) is 9.69 Å². The lowest BCUT2D eigenvalue weighted by Crippen LogP contribution is -2.48. The number of rotatable bonds is 8. The van der Waals surface area contributed by atoms with Gasteiger partial charge in [0, 0.05) is 44.0 Å². The third kappa shape index (κ3) is 6.22. The van der Waals surface area contributed by atoms with Crippen LogP contribution in [-0.4, -0.2) is 55.5 Å². The van der Waals surface area contributed by atoms with E-state index in [0.717, 1.165) is 17.9 Å². The number of amides is 1. The van der Waals surface area contributed by atoms with Gasteiger partial charge in [0.2, 0.25) is 10.0 Å². The topological polar surface area (TPSA) is 79.0 Å². The lowest BCUT2D eigenvalue weighted by Gasteiger charge is -2.33. The van der Waals surface area contributed by atoms with E-state index in [9.17, 15) is 13.2 Å². The zero-order valence-electron chi connectivity index (χ0n) is 19.2. The number of hydrogen-bond acceptors (Lipinski definition) is 5. The number of ether oxygens (including phenoxy) is 1. The first-order valence-corrected chi connectivity index (χ1v) is 13.0. The molecular formula is C26H29N3O4S. The molecule has 0 aromatic heterocycles. The monoisotopic (exact) mass is 479 g/mol. The highest BCUT2D eigenvalue weighted by molar-refractivity contribution is 7.89. The molecule has 0 saturated carbocycles. The lowest BCUT2D eigenvalue weighted by molar-refractivity contribution is 0.102. The van der Waals surface area contributed by atoms with Crippen molar-refractivity contribution in [2.75, 3.05) is 37.2 Å². The molecule has 0 bridgehead atoms. The highest BCUT2D eigenvalue weighted by Crippen LogP contribution is 2.23. The molecule has 0 radical (unpaired) electrons. The van der Waals surface area contributed by atoms with Crippen LogP contribution in [0.5, 0.6) is 11.5 Å². The smallest absolute Gasteiger partial charge is 0.255 e. The van der Waals surface area contributed by atoms with Crippen molar-refractivity contribution in [3.63, 3.8) is 0 Å². The normalized spacial score (nSPS) is 15.1. The lowest BCUT2D eigenvalue weighted by atomic mass is 10.1. The molecule has 1 aliphatic heterocycles. The summed E-state index contributed by atoms with van der Waals surface area (Å²) in [6.07, 6.45) is 0. The summed E-state index contributed by atoms with van der Waals surface area (Å²) in [4.78, 5) is 14.9. The molecule has 0 atom stereocenters. The number of hydrogen-bond donors (Lipinski definition) is 1. The molecule has 1 fully saturated rings. The SMILES string of the molecule is CCS(=O)(=O)N1CCN(Cc2ccc(C(=O)Nc3ccc(Oc4ccccc4)cc3)cc2)CC1. The number of piperazine rings is 1. The second-order valence-electron chi connectivity index (χ2n) is 8.17. The predicted molar refractivity (Wildman–Crippen MR) is 134 cm³/mol. The Balaban J connectivity index is 1.28. The van der Waals surface area contributed by atoms with Crippen molar-refractivity contribution in [3.8, 4) is 11.5 Å². The van der Waals surface area contributed by atoms with Crippen molar-refractivity contribution in [1.82, 2.24) is 9.21 Å². The first kappa shape index (κ1) is 23.9. The van der Waals surface area contributed by atoms with Crippen LogP contribution in [0.4, 0.5) is 5.69 Å². The summed E-state index contributed by atoms with van der Waals surface area (Å²) in [6.45, 7) is 4.84. The predicted octanol–water partition coefficient (Wildman–Crippen LogP) is 4.20. The molecular weight excluding hydrogens is 450 g/mol. The number of carbonyl (C=O) groups excluding carboxylic acids is 1. The van der Waals surface area contributed by atoms with Crippen molar-refractivity contribution < 1.29 is 17.9 Å². The molecule has 8 heteroatoms. The Morgan fingerprint density at radius 1 is 0.853 bits per heavy atom. The van der Waals surface area contributed by atoms with Gasteiger partial charge in [0.25, 0.3) is 5.91 Å². The van der Waals surface area contributed by atoms with E-state index in [1.807, 2.05) is 78.9 Å². The van der Waals surface area contributed by atoms with Crippen molar-refractivity contribution in [2.45, 2.75) is 13.5 Å². The van der Waals surface area contributed by atoms with Gasteiger partial charge in [-0.1, -0.05) is 30.3 Å². The molecule has 4 rings (SSSR count). The van der Waals surface area contributed by atoms with E-state index < -0.39 is 10.0 Å². The molecule has 0 unspecified atom stereocenters. The summed E-state index contributed by atoms with van der Waals surface area (Å²) in [7, 11) is -3.12. The number of benzene rings is 3. The standard InChI is InChI=1S/C26H29N3O4S/c1-2-34(31,32)29-18-16-28(17-19-29)20-21-8-10-22(11-9-21)26(30)27-23-12-14-25(15-13-23)33-24-6-4-3-5-7-24/h3-15H,2,16-20H2,1H3,(H,27,30). The molecule has 1 aliphatic rings. The first-order chi connectivity index (χ1) is 16.4. The van der Waals surface area contributed by atoms with Crippen molar-refractivity contribution in [1.29, 1.82) is 0 Å². The Bertz CT molecular complexity index is 1190. The van der Waals surface area contributed by atoms with Crippen molar-refractivity contribution >= 4 is 21.6 Å². The molecule has 34 heavy (non-hydrogen) atoms. The minimum absolute atomic E-state index is 0.141. The number of anilines is 1. The van der Waals surface area contributed by atoms with Gasteiger partial charge in [0.1, 0.15) is 11.5 Å². The van der Waals surface area contributed by atoms with E-state index in [1.54, 1.807) is 11.2 Å². The van der Waals surface area contributed by atoms with E-state index in [-0.39, 0.29) is 11.7 Å². The molecule has 1 heterocycles. The van der Waals surface area contributed by atoms with Crippen LogP contribution < -0.4 is 10.1 Å². The molecule has 3 aromatic carbocycles. The fourth-order valence-electron chi connectivity index (χ4n) is 3.80. The number of nitrogens with zero attached hydrogens (tertiary/aromatic N) is 2. The quantitative estimate of drug-likeness (QED) is 0.524. The average molecular weight is 480 g/mol. The highest BCUT2D eigenvalue weighted by Gasteiger charge is 2.25. The second kappa shape index (κ2) is 10.8. The Hall–Kier alpha value is -3.20. The van der Waals surface area contributed by atoms with E-state index in [1.165, 1.54) is 0 Å². The van der Waals surface area contributed by atoms with Crippen molar-refractivity contribution in [2.24, 2.45) is 0 Å². The number of para-hydroxylation sites is 1. The van der Waals surface area contributed by atoms with E-state index in [0.29, 0.717) is 43.2 Å². The van der Waals surface area contributed by atoms with Crippen LogP contribution >= 0.6 is 0 Å². The maximum atomic E-state index is 12.6. The Labute approximate surface area is 201 Å². The van der Waals surface area contributed by atoms with Gasteiger partial charge in [0.05, 0.1) is 5.75 Å². The number of nitrogens with one attached hydrogen (secondary N) is 1. The zero-order chi connectivity index (χ0) is 24.0. The third-order valence-electron chi connectivity index (χ3n) is 5.80. The second-order valence-corrected chi connectivity index (χ2v) is 10.4. The van der Waals surface area contributed by atoms with Crippen LogP contribution in [0.25, 0.3) is 0 Å². The maximum Gasteiger partial charge on any atom is 0.255 e. The minimum atomic E-state index is -3.12. The van der Waals surface area contributed by atoms with Gasteiger partial charge >= 0.3 is 0 Å². The van der Waals surface area contributed by atoms with Crippen LogP contribution in [-0.2, 0) is 16.6 Å². The summed E-state index contributed by atoms with van der Waals surface area (Å²) in [5.74, 6) is 1.41. The molecule has 1 N–H and O–H groups in total. The average Bonchev–Trinajstić information content (AvgIpc) is 2.86. The van der Waals surface area contributed by atoms with Gasteiger partial charge in [-0.2, -0.15) is 4.31 Å². The van der Waals surface area contributed by atoms with Gasteiger partial charge in [-0.05, 0) is 61.0 Å². The minimum Gasteiger partial charge on any atom is -0.457 e. The summed E-state index contributed by atoms with van der Waals surface area (Å²) in [5.41, 5.74) is 2.35. The van der Waals surface area contributed by atoms with E-state index >= 15 is 0 Å². The van der Waals surface area contributed by atoms with Crippen LogP contribution in [0.2, 0.25) is 0 Å². The molecule has 7 nitrogen and oxygen atoms in total. The Morgan fingerprint density at radius 2 is 1.47 bits per heavy atom. The molecule has 0 spiro atoms. The largest absolute Gasteiger partial charge is 0.457 e. The summed E-state index contributed by atoms with van der Waals surface area (Å²) < 4.78 is 31.4. The van der Waals surface area contributed by atoms with Crippen LogP contribution in [0, 0.1) is 0 Å². The fraction of sp³-hybridized carbons (Fsp3) is 0.269. The first-order valence-electron chi connectivity index (χ1n) is 11.4. The van der Waals surface area contributed by atoms with Gasteiger partial charge in [-0.25, -0.2) is 8.42 Å². The van der Waals surface area contributed by atoms with E-state index in [4.69, 9.17) is 4.74 Å². The van der Waals surface area contributed by atoms with Crippen molar-refractivity contribution in [3.05, 3.63) is 90.0 Å². The maximum absolute atomic E-state index is 12.6. The summed E-state index contributed by atoms with van der Waals surface area (Å²) >= 11 is 0. The van der Waals surface area contributed by atoms with Gasteiger partial charge in [-0.15, -0.1) is 0 Å². The fourth-order valence-corrected chi connectivity index (χ4v) is 4.89. The molecule has 1 amide bonds. The van der Waals surface area contributed by atoms with Crippen LogP contribution in [0.15, 0.2) is 78.9 Å². The van der Waals surface area contributed by atoms with E-state index in [2.05, 4.69) is 10.2 Å². The number of carbonyl (C=O) groups is 1. The Kier molecular flexibility index (Phi) is 7.62. The molecule has 1 saturated heterocycles. The summed E-state index contributed by atoms with van der Waals surface area (Å²) in [6, 6.07) is 24.3. The molecule has 178 valence electrons. The van der Waals surface area contributed by atoms with Gasteiger partial charge in [0.15, 0.2) is 0 Å². The van der Waals surface area contributed by atoms with Crippen LogP contribution in [0.3, 0.4) is 0 Å². The highest BCUT2D eigenvalue weighted by atomic mass is 32.2. The molecule has 0 aliphatic carbocycles. The molecule has 3 aromatic rings. The Morgan fingerprint density at radius 3 is 2.09 bits per heavy atom.